The standard InChI is InChI=1S/C18H15N3O/c1-22-17-7-3-6-16(11-17)18-20-8-9-21(18)13-15-5-2-4-14(10-15)12-19/h2-11H,13H2,1H3. The van der Waals surface area contributed by atoms with Crippen molar-refractivity contribution >= 4 is 0 Å². The van der Waals surface area contributed by atoms with E-state index in [4.69, 9.17) is 10.00 Å². The van der Waals surface area contributed by atoms with Crippen LogP contribution in [0.3, 0.4) is 0 Å². The lowest BCUT2D eigenvalue weighted by molar-refractivity contribution is 0.415. The summed E-state index contributed by atoms with van der Waals surface area (Å²) in [6.07, 6.45) is 3.72. The summed E-state index contributed by atoms with van der Waals surface area (Å²) in [4.78, 5) is 4.44. The van der Waals surface area contributed by atoms with E-state index in [0.717, 1.165) is 22.7 Å². The van der Waals surface area contributed by atoms with Crippen LogP contribution in [0, 0.1) is 11.3 Å². The molecule has 22 heavy (non-hydrogen) atoms. The fraction of sp³-hybridized carbons (Fsp3) is 0.111. The zero-order valence-corrected chi connectivity index (χ0v) is 12.2. The van der Waals surface area contributed by atoms with Crippen molar-refractivity contribution in [2.45, 2.75) is 6.54 Å². The number of benzene rings is 2. The Morgan fingerprint density at radius 3 is 2.86 bits per heavy atom. The monoisotopic (exact) mass is 289 g/mol. The first-order valence-electron chi connectivity index (χ1n) is 6.95. The molecular weight excluding hydrogens is 274 g/mol. The van der Waals surface area contributed by atoms with Crippen molar-refractivity contribution < 1.29 is 4.74 Å². The number of hydrogen-bond acceptors (Lipinski definition) is 3. The summed E-state index contributed by atoms with van der Waals surface area (Å²) in [6, 6.07) is 17.6. The maximum Gasteiger partial charge on any atom is 0.140 e. The Hall–Kier alpha value is -3.06. The molecule has 0 aliphatic rings. The average Bonchev–Trinajstić information content (AvgIpc) is 3.03. The van der Waals surface area contributed by atoms with Crippen molar-refractivity contribution in [3.8, 4) is 23.2 Å². The lowest BCUT2D eigenvalue weighted by Crippen LogP contribution is -2.01. The van der Waals surface area contributed by atoms with Gasteiger partial charge in [0.1, 0.15) is 11.6 Å². The molecule has 0 aliphatic carbocycles. The van der Waals surface area contributed by atoms with E-state index in [2.05, 4.69) is 15.6 Å². The molecule has 4 nitrogen and oxygen atoms in total. The van der Waals surface area contributed by atoms with Crippen molar-refractivity contribution in [1.82, 2.24) is 9.55 Å². The van der Waals surface area contributed by atoms with E-state index in [1.165, 1.54) is 0 Å². The summed E-state index contributed by atoms with van der Waals surface area (Å²) in [5.74, 6) is 1.68. The second-order valence-corrected chi connectivity index (χ2v) is 4.92. The summed E-state index contributed by atoms with van der Waals surface area (Å²) in [7, 11) is 1.65. The van der Waals surface area contributed by atoms with Gasteiger partial charge in [-0.1, -0.05) is 24.3 Å². The zero-order valence-electron chi connectivity index (χ0n) is 12.2. The van der Waals surface area contributed by atoms with E-state index < -0.39 is 0 Å². The average molecular weight is 289 g/mol. The third kappa shape index (κ3) is 2.84. The van der Waals surface area contributed by atoms with Gasteiger partial charge >= 0.3 is 0 Å². The highest BCUT2D eigenvalue weighted by Crippen LogP contribution is 2.23. The third-order valence-electron chi connectivity index (χ3n) is 3.45. The fourth-order valence-electron chi connectivity index (χ4n) is 2.40. The fourth-order valence-corrected chi connectivity index (χ4v) is 2.40. The van der Waals surface area contributed by atoms with E-state index in [0.29, 0.717) is 12.1 Å². The molecule has 4 heteroatoms. The van der Waals surface area contributed by atoms with E-state index >= 15 is 0 Å². The Morgan fingerprint density at radius 2 is 2.05 bits per heavy atom. The quantitative estimate of drug-likeness (QED) is 0.739. The summed E-state index contributed by atoms with van der Waals surface area (Å²) < 4.78 is 7.33. The molecule has 3 aromatic rings. The van der Waals surface area contributed by atoms with Gasteiger partial charge in [-0.15, -0.1) is 0 Å². The summed E-state index contributed by atoms with van der Waals surface area (Å²) in [5, 5.41) is 9.00. The number of nitrogens with zero attached hydrogens (tertiary/aromatic N) is 3. The van der Waals surface area contributed by atoms with E-state index in [1.807, 2.05) is 48.7 Å². The SMILES string of the molecule is COc1cccc(-c2nccn2Cc2cccc(C#N)c2)c1. The van der Waals surface area contributed by atoms with E-state index in [9.17, 15) is 0 Å². The smallest absolute Gasteiger partial charge is 0.140 e. The largest absolute Gasteiger partial charge is 0.497 e. The molecule has 0 fully saturated rings. The minimum atomic E-state index is 0.667. The number of ether oxygens (including phenoxy) is 1. The normalized spacial score (nSPS) is 10.2. The van der Waals surface area contributed by atoms with Crippen LogP contribution in [0.5, 0.6) is 5.75 Å². The van der Waals surface area contributed by atoms with Crippen LogP contribution in [0.2, 0.25) is 0 Å². The molecule has 1 aromatic heterocycles. The molecule has 0 N–H and O–H groups in total. The van der Waals surface area contributed by atoms with Crippen LogP contribution in [0.4, 0.5) is 0 Å². The van der Waals surface area contributed by atoms with E-state index in [1.54, 1.807) is 19.4 Å². The van der Waals surface area contributed by atoms with Crippen molar-refractivity contribution in [3.05, 3.63) is 72.1 Å². The molecule has 2 aromatic carbocycles. The third-order valence-corrected chi connectivity index (χ3v) is 3.45. The van der Waals surface area contributed by atoms with Gasteiger partial charge in [0.05, 0.1) is 18.7 Å². The van der Waals surface area contributed by atoms with Crippen LogP contribution in [-0.4, -0.2) is 16.7 Å². The molecular formula is C18H15N3O. The Kier molecular flexibility index (Phi) is 3.88. The van der Waals surface area contributed by atoms with Crippen LogP contribution in [0.1, 0.15) is 11.1 Å². The lowest BCUT2D eigenvalue weighted by Gasteiger charge is -2.09. The number of hydrogen-bond donors (Lipinski definition) is 0. The minimum absolute atomic E-state index is 0.667. The molecule has 0 unspecified atom stereocenters. The van der Waals surface area contributed by atoms with Crippen molar-refractivity contribution in [2.24, 2.45) is 0 Å². The topological polar surface area (TPSA) is 50.8 Å². The number of aromatic nitrogens is 2. The molecule has 0 aliphatic heterocycles. The minimum Gasteiger partial charge on any atom is -0.497 e. The van der Waals surface area contributed by atoms with E-state index in [-0.39, 0.29) is 0 Å². The van der Waals surface area contributed by atoms with Crippen LogP contribution in [-0.2, 0) is 6.54 Å². The molecule has 1 heterocycles. The van der Waals surface area contributed by atoms with Gasteiger partial charge in [-0.3, -0.25) is 0 Å². The highest BCUT2D eigenvalue weighted by Gasteiger charge is 2.08. The van der Waals surface area contributed by atoms with Crippen LogP contribution in [0.15, 0.2) is 60.9 Å². The van der Waals surface area contributed by atoms with Gasteiger partial charge in [0.2, 0.25) is 0 Å². The molecule has 0 saturated heterocycles. The molecule has 0 radical (unpaired) electrons. The first-order valence-corrected chi connectivity index (χ1v) is 6.95. The number of rotatable bonds is 4. The van der Waals surface area contributed by atoms with Gasteiger partial charge in [-0.2, -0.15) is 5.26 Å². The van der Waals surface area contributed by atoms with Gasteiger partial charge < -0.3 is 9.30 Å². The first kappa shape index (κ1) is 13.9. The Bertz CT molecular complexity index is 830. The zero-order chi connectivity index (χ0) is 15.4. The molecule has 0 spiro atoms. The second-order valence-electron chi connectivity index (χ2n) is 4.92. The Morgan fingerprint density at radius 1 is 1.18 bits per heavy atom. The number of nitriles is 1. The second kappa shape index (κ2) is 6.15. The van der Waals surface area contributed by atoms with Crippen LogP contribution < -0.4 is 4.74 Å². The van der Waals surface area contributed by atoms with Crippen LogP contribution in [0.25, 0.3) is 11.4 Å². The van der Waals surface area contributed by atoms with Crippen molar-refractivity contribution in [2.75, 3.05) is 7.11 Å². The summed E-state index contributed by atoms with van der Waals surface area (Å²) in [5.41, 5.74) is 2.74. The Labute approximate surface area is 129 Å². The highest BCUT2D eigenvalue weighted by atomic mass is 16.5. The summed E-state index contributed by atoms with van der Waals surface area (Å²) >= 11 is 0. The molecule has 0 amide bonds. The molecule has 0 bridgehead atoms. The molecule has 108 valence electrons. The number of methoxy groups -OCH3 is 1. The number of imidazole rings is 1. The maximum atomic E-state index is 9.00. The molecule has 3 rings (SSSR count). The highest BCUT2D eigenvalue weighted by molar-refractivity contribution is 5.58. The van der Waals surface area contributed by atoms with Gasteiger partial charge in [-0.25, -0.2) is 4.98 Å². The summed E-state index contributed by atoms with van der Waals surface area (Å²) in [6.45, 7) is 0.669. The Balaban J connectivity index is 1.93. The maximum absolute atomic E-state index is 9.00. The van der Waals surface area contributed by atoms with Crippen molar-refractivity contribution in [1.29, 1.82) is 5.26 Å². The predicted molar refractivity (Wildman–Crippen MR) is 84.5 cm³/mol. The van der Waals surface area contributed by atoms with Gasteiger partial charge in [0.15, 0.2) is 0 Å². The first-order chi connectivity index (χ1) is 10.8. The van der Waals surface area contributed by atoms with Gasteiger partial charge in [0, 0.05) is 24.5 Å². The predicted octanol–water partition coefficient (Wildman–Crippen LogP) is 3.48. The lowest BCUT2D eigenvalue weighted by atomic mass is 10.1. The molecule has 0 atom stereocenters. The van der Waals surface area contributed by atoms with Gasteiger partial charge in [0.25, 0.3) is 0 Å². The van der Waals surface area contributed by atoms with Crippen molar-refractivity contribution in [3.63, 3.8) is 0 Å². The molecule has 0 saturated carbocycles. The van der Waals surface area contributed by atoms with Crippen LogP contribution >= 0.6 is 0 Å². The van der Waals surface area contributed by atoms with Gasteiger partial charge in [-0.05, 0) is 29.8 Å².